The van der Waals surface area contributed by atoms with Crippen molar-refractivity contribution in [3.8, 4) is 11.5 Å². The van der Waals surface area contributed by atoms with Crippen LogP contribution in [0.25, 0.3) is 0 Å². The molecule has 0 bridgehead atoms. The first kappa shape index (κ1) is 9.87. The van der Waals surface area contributed by atoms with Crippen molar-refractivity contribution in [3.63, 3.8) is 0 Å². The number of hydrogen-bond donors (Lipinski definition) is 1. The third-order valence-electron chi connectivity index (χ3n) is 2.71. The monoisotopic (exact) mass is 260 g/mol. The van der Waals surface area contributed by atoms with Crippen molar-refractivity contribution in [2.45, 2.75) is 13.0 Å². The predicted octanol–water partition coefficient (Wildman–Crippen LogP) is 2.78. The molecule has 2 aromatic carbocycles. The molecule has 0 spiro atoms. The molecule has 0 fully saturated rings. The molecular weight excluding hydrogens is 238 g/mol. The molecule has 0 saturated carbocycles. The van der Waals surface area contributed by atoms with E-state index in [0.29, 0.717) is 23.7 Å². The van der Waals surface area contributed by atoms with E-state index in [0.717, 1.165) is 5.56 Å². The number of hydrogen-bond acceptors (Lipinski definition) is 3. The Kier molecular flexibility index (Phi) is 3.53. The lowest BCUT2D eigenvalue weighted by Gasteiger charge is -2.12. The molecule has 0 saturated heterocycles. The Morgan fingerprint density at radius 3 is 2.68 bits per heavy atom. The molecule has 2 rings (SSSR count). The van der Waals surface area contributed by atoms with Crippen molar-refractivity contribution in [1.82, 2.24) is 0 Å². The molecule has 0 unspecified atom stereocenters. The van der Waals surface area contributed by atoms with E-state index in [2.05, 4.69) is 0 Å². The van der Waals surface area contributed by atoms with E-state index in [4.69, 9.17) is 19.3 Å². The highest BCUT2D eigenvalue weighted by molar-refractivity contribution is 5.43. The third kappa shape index (κ3) is 3.73. The van der Waals surface area contributed by atoms with E-state index >= 15 is 0 Å². The Bertz CT molecular complexity index is 600. The van der Waals surface area contributed by atoms with Crippen molar-refractivity contribution in [2.75, 3.05) is 13.6 Å². The van der Waals surface area contributed by atoms with Crippen molar-refractivity contribution in [3.05, 3.63) is 59.7 Å². The lowest BCUT2D eigenvalue weighted by molar-refractivity contribution is 0.284. The Hall–Kier alpha value is -2.00. The molecule has 0 heterocycles. The van der Waals surface area contributed by atoms with Gasteiger partial charge in [-0.25, -0.2) is 0 Å². The van der Waals surface area contributed by atoms with E-state index in [1.807, 2.05) is 30.3 Å². The van der Waals surface area contributed by atoms with Gasteiger partial charge in [0.1, 0.15) is 6.61 Å². The summed E-state index contributed by atoms with van der Waals surface area (Å²) in [6.07, 6.45) is 0.0698. The van der Waals surface area contributed by atoms with Gasteiger partial charge in [0.25, 0.3) is 0 Å². The lowest BCUT2D eigenvalue weighted by atomic mass is 10.1. The summed E-state index contributed by atoms with van der Waals surface area (Å²) in [7, 11) is -0.235. The van der Waals surface area contributed by atoms with Crippen LogP contribution < -0.4 is 15.2 Å². The summed E-state index contributed by atoms with van der Waals surface area (Å²) in [5, 5.41) is 0. The zero-order chi connectivity index (χ0) is 16.0. The summed E-state index contributed by atoms with van der Waals surface area (Å²) in [4.78, 5) is 0. The fourth-order valence-electron chi connectivity index (χ4n) is 1.75. The standard InChI is InChI=1S/C16H19NO2/c1-18-16-11-13(9-10-17)7-8-15(16)19-12-14-5-3-2-4-6-14/h2-8,11H,9-10,12,17H2,1H3/i1D,10D2. The van der Waals surface area contributed by atoms with Crippen LogP contribution in [-0.4, -0.2) is 13.6 Å². The first-order valence-electron chi connectivity index (χ1n) is 7.69. The quantitative estimate of drug-likeness (QED) is 0.868. The van der Waals surface area contributed by atoms with E-state index in [-0.39, 0.29) is 13.5 Å². The second kappa shape index (κ2) is 6.81. The first-order chi connectivity index (χ1) is 10.5. The van der Waals surface area contributed by atoms with E-state index < -0.39 is 6.50 Å². The average Bonchev–Trinajstić information content (AvgIpc) is 2.46. The van der Waals surface area contributed by atoms with Gasteiger partial charge in [-0.3, -0.25) is 0 Å². The molecule has 0 atom stereocenters. The SMILES string of the molecule is [2H]COc1cc(CC([2H])([2H])N)ccc1OCc1ccccc1. The van der Waals surface area contributed by atoms with Crippen LogP contribution in [0.3, 0.4) is 0 Å². The molecule has 0 radical (unpaired) electrons. The number of rotatable bonds is 6. The second-order valence-corrected chi connectivity index (χ2v) is 4.08. The summed E-state index contributed by atoms with van der Waals surface area (Å²) >= 11 is 0. The summed E-state index contributed by atoms with van der Waals surface area (Å²) in [6, 6.07) is 14.9. The number of methoxy groups -OCH3 is 1. The maximum absolute atomic E-state index is 7.42. The molecule has 0 aliphatic carbocycles. The molecule has 0 aliphatic rings. The highest BCUT2D eigenvalue weighted by Gasteiger charge is 2.05. The molecule has 0 aliphatic heterocycles. The Balaban J connectivity index is 2.12. The van der Waals surface area contributed by atoms with Crippen LogP contribution in [0.5, 0.6) is 11.5 Å². The van der Waals surface area contributed by atoms with Crippen LogP contribution in [0.4, 0.5) is 0 Å². The zero-order valence-corrected chi connectivity index (χ0v) is 10.6. The second-order valence-electron chi connectivity index (χ2n) is 4.08. The van der Waals surface area contributed by atoms with Gasteiger partial charge in [-0.2, -0.15) is 0 Å². The minimum atomic E-state index is -1.79. The third-order valence-corrected chi connectivity index (χ3v) is 2.71. The van der Waals surface area contributed by atoms with Crippen LogP contribution in [0.2, 0.25) is 0 Å². The zero-order valence-electron chi connectivity index (χ0n) is 13.6. The van der Waals surface area contributed by atoms with Crippen molar-refractivity contribution < 1.29 is 13.6 Å². The number of aryl methyl sites for hydroxylation is 1. The van der Waals surface area contributed by atoms with Crippen LogP contribution in [0.15, 0.2) is 48.5 Å². The Morgan fingerprint density at radius 1 is 1.11 bits per heavy atom. The summed E-state index contributed by atoms with van der Waals surface area (Å²) in [5.41, 5.74) is 7.12. The number of nitrogens with two attached hydrogens (primary N) is 1. The lowest BCUT2D eigenvalue weighted by Crippen LogP contribution is -2.03. The summed E-state index contributed by atoms with van der Waals surface area (Å²) < 4.78 is 33.0. The van der Waals surface area contributed by atoms with Gasteiger partial charge in [-0.15, -0.1) is 0 Å². The fourth-order valence-corrected chi connectivity index (χ4v) is 1.75. The minimum Gasteiger partial charge on any atom is -0.493 e. The predicted molar refractivity (Wildman–Crippen MR) is 76.5 cm³/mol. The van der Waals surface area contributed by atoms with Crippen molar-refractivity contribution >= 4 is 0 Å². The topological polar surface area (TPSA) is 44.5 Å². The van der Waals surface area contributed by atoms with Gasteiger partial charge in [0.05, 0.1) is 8.46 Å². The molecular formula is C16H19NO2. The van der Waals surface area contributed by atoms with Crippen LogP contribution >= 0.6 is 0 Å². The molecule has 2 N–H and O–H groups in total. The average molecular weight is 260 g/mol. The molecule has 100 valence electrons. The van der Waals surface area contributed by atoms with Crippen molar-refractivity contribution in [2.24, 2.45) is 5.73 Å². The van der Waals surface area contributed by atoms with Gasteiger partial charge >= 0.3 is 0 Å². The smallest absolute Gasteiger partial charge is 0.161 e. The van der Waals surface area contributed by atoms with Crippen LogP contribution in [0.1, 0.15) is 15.2 Å². The normalized spacial score (nSPS) is 13.2. The van der Waals surface area contributed by atoms with E-state index in [1.165, 1.54) is 0 Å². The molecule has 3 heteroatoms. The van der Waals surface area contributed by atoms with E-state index in [1.54, 1.807) is 18.2 Å². The van der Waals surface area contributed by atoms with Gasteiger partial charge < -0.3 is 15.2 Å². The number of benzene rings is 2. The molecule has 3 nitrogen and oxygen atoms in total. The number of ether oxygens (including phenoxy) is 2. The van der Waals surface area contributed by atoms with Gasteiger partial charge in [-0.05, 0) is 36.2 Å². The minimum absolute atomic E-state index is 0.0698. The molecule has 19 heavy (non-hydrogen) atoms. The fraction of sp³-hybridized carbons (Fsp3) is 0.250. The maximum Gasteiger partial charge on any atom is 0.161 e. The van der Waals surface area contributed by atoms with Gasteiger partial charge in [0, 0.05) is 2.74 Å². The van der Waals surface area contributed by atoms with E-state index in [9.17, 15) is 0 Å². The largest absolute Gasteiger partial charge is 0.493 e. The Labute approximate surface area is 118 Å². The Morgan fingerprint density at radius 2 is 1.95 bits per heavy atom. The van der Waals surface area contributed by atoms with Crippen LogP contribution in [0, 0.1) is 0 Å². The highest BCUT2D eigenvalue weighted by atomic mass is 16.5. The molecule has 0 amide bonds. The van der Waals surface area contributed by atoms with Gasteiger partial charge in [0.15, 0.2) is 11.5 Å². The van der Waals surface area contributed by atoms with Gasteiger partial charge in [0.2, 0.25) is 0 Å². The highest BCUT2D eigenvalue weighted by Crippen LogP contribution is 2.28. The van der Waals surface area contributed by atoms with Gasteiger partial charge in [-0.1, -0.05) is 36.4 Å². The van der Waals surface area contributed by atoms with Crippen LogP contribution in [-0.2, 0) is 13.0 Å². The maximum atomic E-state index is 7.42. The van der Waals surface area contributed by atoms with Crippen molar-refractivity contribution in [1.29, 1.82) is 0 Å². The molecule has 2 aromatic rings. The molecule has 0 aromatic heterocycles. The summed E-state index contributed by atoms with van der Waals surface area (Å²) in [5.74, 6) is 0.949. The first-order valence-corrected chi connectivity index (χ1v) is 5.98. The summed E-state index contributed by atoms with van der Waals surface area (Å²) in [6.45, 7) is -1.39.